The van der Waals surface area contributed by atoms with E-state index in [2.05, 4.69) is 5.32 Å². The van der Waals surface area contributed by atoms with Crippen molar-refractivity contribution in [2.75, 3.05) is 12.4 Å². The smallest absolute Gasteiger partial charge is 0.416 e. The molecule has 0 saturated heterocycles. The molecule has 1 amide bonds. The third kappa shape index (κ3) is 3.55. The minimum atomic E-state index is -4.65. The maximum absolute atomic E-state index is 13.6. The van der Waals surface area contributed by atoms with E-state index in [1.54, 1.807) is 12.1 Å². The number of benzene rings is 2. The van der Waals surface area contributed by atoms with E-state index in [0.717, 1.165) is 0 Å². The Morgan fingerprint density at radius 3 is 2.27 bits per heavy atom. The number of amides is 1. The third-order valence-electron chi connectivity index (χ3n) is 2.89. The van der Waals surface area contributed by atoms with Crippen LogP contribution in [-0.2, 0) is 6.18 Å². The van der Waals surface area contributed by atoms with Crippen molar-refractivity contribution in [2.45, 2.75) is 6.18 Å². The molecule has 0 aliphatic carbocycles. The summed E-state index contributed by atoms with van der Waals surface area (Å²) < 4.78 is 56.3. The molecule has 7 heteroatoms. The highest BCUT2D eigenvalue weighted by molar-refractivity contribution is 6.04. The number of anilines is 1. The Hall–Kier alpha value is -2.57. The first-order chi connectivity index (χ1) is 10.3. The van der Waals surface area contributed by atoms with Gasteiger partial charge in [0.2, 0.25) is 0 Å². The first-order valence-electron chi connectivity index (χ1n) is 6.13. The van der Waals surface area contributed by atoms with E-state index in [1.807, 2.05) is 0 Å². The van der Waals surface area contributed by atoms with E-state index in [1.165, 1.54) is 19.2 Å². The normalized spacial score (nSPS) is 11.1. The van der Waals surface area contributed by atoms with Crippen LogP contribution in [0.15, 0.2) is 42.5 Å². The van der Waals surface area contributed by atoms with E-state index in [-0.39, 0.29) is 0 Å². The average Bonchev–Trinajstić information content (AvgIpc) is 2.47. The summed E-state index contributed by atoms with van der Waals surface area (Å²) in [5.74, 6) is -1.45. The summed E-state index contributed by atoms with van der Waals surface area (Å²) in [7, 11) is 1.46. The Morgan fingerprint density at radius 2 is 1.73 bits per heavy atom. The summed E-state index contributed by atoms with van der Waals surface area (Å²) >= 11 is 0. The van der Waals surface area contributed by atoms with Crippen molar-refractivity contribution in [3.63, 3.8) is 0 Å². The molecule has 116 valence electrons. The first-order valence-corrected chi connectivity index (χ1v) is 6.13. The number of carbonyl (C=O) groups excluding carboxylic acids is 1. The highest BCUT2D eigenvalue weighted by Crippen LogP contribution is 2.30. The van der Waals surface area contributed by atoms with Crippen LogP contribution in [0.5, 0.6) is 5.75 Å². The van der Waals surface area contributed by atoms with Crippen LogP contribution in [0, 0.1) is 5.82 Å². The molecular formula is C15H11F4NO2. The first kappa shape index (κ1) is 15.8. The maximum Gasteiger partial charge on any atom is 0.416 e. The quantitative estimate of drug-likeness (QED) is 0.866. The molecule has 0 atom stereocenters. The van der Waals surface area contributed by atoms with Gasteiger partial charge in [-0.2, -0.15) is 13.2 Å². The van der Waals surface area contributed by atoms with Crippen LogP contribution in [0.1, 0.15) is 15.9 Å². The van der Waals surface area contributed by atoms with Gasteiger partial charge < -0.3 is 10.1 Å². The van der Waals surface area contributed by atoms with E-state index in [0.29, 0.717) is 29.6 Å². The molecular weight excluding hydrogens is 302 g/mol. The van der Waals surface area contributed by atoms with Crippen molar-refractivity contribution in [3.05, 3.63) is 59.4 Å². The van der Waals surface area contributed by atoms with Gasteiger partial charge in [0.25, 0.3) is 5.91 Å². The fourth-order valence-electron chi connectivity index (χ4n) is 1.75. The largest absolute Gasteiger partial charge is 0.497 e. The second-order valence-electron chi connectivity index (χ2n) is 4.38. The number of halogens is 4. The van der Waals surface area contributed by atoms with Gasteiger partial charge in [-0.25, -0.2) is 4.39 Å². The molecule has 0 spiro atoms. The van der Waals surface area contributed by atoms with Crippen molar-refractivity contribution in [2.24, 2.45) is 0 Å². The molecule has 3 nitrogen and oxygen atoms in total. The molecule has 0 aliphatic heterocycles. The molecule has 0 radical (unpaired) electrons. The lowest BCUT2D eigenvalue weighted by Gasteiger charge is -2.10. The van der Waals surface area contributed by atoms with Crippen LogP contribution in [0.25, 0.3) is 0 Å². The fourth-order valence-corrected chi connectivity index (χ4v) is 1.75. The number of rotatable bonds is 3. The number of nitrogens with one attached hydrogen (secondary N) is 1. The van der Waals surface area contributed by atoms with Gasteiger partial charge in [-0.3, -0.25) is 4.79 Å². The summed E-state index contributed by atoms with van der Waals surface area (Å²) in [5.41, 5.74) is -1.46. The number of methoxy groups -OCH3 is 1. The molecule has 0 aliphatic rings. The van der Waals surface area contributed by atoms with Crippen molar-refractivity contribution in [3.8, 4) is 5.75 Å². The molecule has 1 N–H and O–H groups in total. The Labute approximate surface area is 123 Å². The van der Waals surface area contributed by atoms with E-state index in [9.17, 15) is 22.4 Å². The Morgan fingerprint density at radius 1 is 1.09 bits per heavy atom. The van der Waals surface area contributed by atoms with Crippen molar-refractivity contribution < 1.29 is 27.1 Å². The molecule has 0 heterocycles. The van der Waals surface area contributed by atoms with Crippen LogP contribution < -0.4 is 10.1 Å². The number of ether oxygens (including phenoxy) is 1. The Kier molecular flexibility index (Phi) is 4.35. The predicted octanol–water partition coefficient (Wildman–Crippen LogP) is 4.11. The lowest BCUT2D eigenvalue weighted by molar-refractivity contribution is -0.137. The van der Waals surface area contributed by atoms with E-state index >= 15 is 0 Å². The zero-order valence-corrected chi connectivity index (χ0v) is 11.4. The SMILES string of the molecule is COc1ccc(NC(=O)c2cc(C(F)(F)F)ccc2F)cc1. The summed E-state index contributed by atoms with van der Waals surface area (Å²) in [6.45, 7) is 0. The molecule has 2 aromatic carbocycles. The molecule has 2 rings (SSSR count). The van der Waals surface area contributed by atoms with Crippen LogP contribution in [-0.4, -0.2) is 13.0 Å². The van der Waals surface area contributed by atoms with Crippen LogP contribution in [0.3, 0.4) is 0 Å². The second kappa shape index (κ2) is 6.05. The zero-order valence-electron chi connectivity index (χ0n) is 11.4. The highest BCUT2D eigenvalue weighted by atomic mass is 19.4. The van der Waals surface area contributed by atoms with Gasteiger partial charge in [0.15, 0.2) is 0 Å². The monoisotopic (exact) mass is 313 g/mol. The lowest BCUT2D eigenvalue weighted by atomic mass is 10.1. The number of hydrogen-bond acceptors (Lipinski definition) is 2. The number of alkyl halides is 3. The second-order valence-corrected chi connectivity index (χ2v) is 4.38. The summed E-state index contributed by atoms with van der Waals surface area (Å²) in [4.78, 5) is 11.9. The summed E-state index contributed by atoms with van der Waals surface area (Å²) in [5, 5.41) is 2.33. The van der Waals surface area contributed by atoms with Gasteiger partial charge in [-0.15, -0.1) is 0 Å². The number of hydrogen-bond donors (Lipinski definition) is 1. The van der Waals surface area contributed by atoms with Gasteiger partial charge in [-0.05, 0) is 42.5 Å². The summed E-state index contributed by atoms with van der Waals surface area (Å²) in [6.07, 6.45) is -4.65. The van der Waals surface area contributed by atoms with E-state index in [4.69, 9.17) is 4.74 Å². The maximum atomic E-state index is 13.6. The highest BCUT2D eigenvalue weighted by Gasteiger charge is 2.31. The van der Waals surface area contributed by atoms with Crippen molar-refractivity contribution in [1.82, 2.24) is 0 Å². The molecule has 0 aromatic heterocycles. The Balaban J connectivity index is 2.25. The number of carbonyl (C=O) groups is 1. The predicted molar refractivity (Wildman–Crippen MR) is 72.3 cm³/mol. The third-order valence-corrected chi connectivity index (χ3v) is 2.89. The zero-order chi connectivity index (χ0) is 16.3. The molecule has 22 heavy (non-hydrogen) atoms. The van der Waals surface area contributed by atoms with Gasteiger partial charge in [0.05, 0.1) is 18.2 Å². The standard InChI is InChI=1S/C15H11F4NO2/c1-22-11-5-3-10(4-6-11)20-14(21)12-8-9(15(17,18)19)2-7-13(12)16/h2-8H,1H3,(H,20,21). The fraction of sp³-hybridized carbons (Fsp3) is 0.133. The van der Waals surface area contributed by atoms with Crippen molar-refractivity contribution >= 4 is 11.6 Å². The molecule has 0 saturated carbocycles. The average molecular weight is 313 g/mol. The Bertz CT molecular complexity index is 681. The van der Waals surface area contributed by atoms with Crippen LogP contribution in [0.4, 0.5) is 23.2 Å². The van der Waals surface area contributed by atoms with Crippen LogP contribution >= 0.6 is 0 Å². The molecule has 0 bridgehead atoms. The molecule has 2 aromatic rings. The van der Waals surface area contributed by atoms with E-state index < -0.39 is 29.0 Å². The molecule has 0 fully saturated rings. The summed E-state index contributed by atoms with van der Waals surface area (Å²) in [6, 6.07) is 7.76. The van der Waals surface area contributed by atoms with Gasteiger partial charge in [0, 0.05) is 5.69 Å². The minimum absolute atomic E-state index is 0.308. The van der Waals surface area contributed by atoms with Crippen molar-refractivity contribution in [1.29, 1.82) is 0 Å². The van der Waals surface area contributed by atoms with Gasteiger partial charge >= 0.3 is 6.18 Å². The lowest BCUT2D eigenvalue weighted by Crippen LogP contribution is -2.16. The minimum Gasteiger partial charge on any atom is -0.497 e. The van der Waals surface area contributed by atoms with Crippen LogP contribution in [0.2, 0.25) is 0 Å². The van der Waals surface area contributed by atoms with Gasteiger partial charge in [-0.1, -0.05) is 0 Å². The molecule has 0 unspecified atom stereocenters. The topological polar surface area (TPSA) is 38.3 Å². The van der Waals surface area contributed by atoms with Gasteiger partial charge in [0.1, 0.15) is 11.6 Å².